The van der Waals surface area contributed by atoms with Gasteiger partial charge in [-0.2, -0.15) is 0 Å². The molecular weight excluding hydrogens is 482 g/mol. The predicted molar refractivity (Wildman–Crippen MR) is 148 cm³/mol. The molecule has 0 radical (unpaired) electrons. The Morgan fingerprint density at radius 1 is 0.553 bits per heavy atom. The zero-order chi connectivity index (χ0) is 27.7. The molecule has 0 aliphatic carbocycles. The third-order valence-corrected chi connectivity index (χ3v) is 8.32. The molecule has 38 heavy (non-hydrogen) atoms. The third kappa shape index (κ3) is 4.53. The number of hydrogen-bond donors (Lipinski definition) is 0. The van der Waals surface area contributed by atoms with E-state index in [4.69, 9.17) is 18.6 Å². The Kier molecular flexibility index (Phi) is 6.26. The van der Waals surface area contributed by atoms with Crippen LogP contribution in [-0.4, -0.2) is 66.6 Å². The number of benzene rings is 2. The summed E-state index contributed by atoms with van der Waals surface area (Å²) in [6.07, 6.45) is 0. The Labute approximate surface area is 224 Å². The third-order valence-electron chi connectivity index (χ3n) is 8.32. The fraction of sp³-hybridized carbons (Fsp3) is 0.538. The van der Waals surface area contributed by atoms with Gasteiger partial charge in [0.25, 0.3) is 0 Å². The lowest BCUT2D eigenvalue weighted by molar-refractivity contribution is 0.00578. The van der Waals surface area contributed by atoms with Gasteiger partial charge in [-0.15, -0.1) is 10.2 Å². The van der Waals surface area contributed by atoms with E-state index in [1.54, 1.807) is 9.36 Å². The number of hydrogen-bond acceptors (Lipinski definition) is 8. The van der Waals surface area contributed by atoms with Gasteiger partial charge in [0.05, 0.1) is 33.4 Å². The van der Waals surface area contributed by atoms with Gasteiger partial charge in [-0.3, -0.25) is 0 Å². The Morgan fingerprint density at radius 2 is 0.974 bits per heavy atom. The molecule has 6 rings (SSSR count). The zero-order valence-corrected chi connectivity index (χ0v) is 23.9. The summed E-state index contributed by atoms with van der Waals surface area (Å²) in [5, 5.41) is 16.2. The van der Waals surface area contributed by atoms with Crippen LogP contribution in [0.4, 0.5) is 0 Å². The molecule has 2 fully saturated rings. The number of aryl methyl sites for hydroxylation is 2. The largest absolute Gasteiger partial charge is 0.494 e. The van der Waals surface area contributed by atoms with Gasteiger partial charge in [0.2, 0.25) is 0 Å². The Balaban J connectivity index is 0.000000155. The lowest BCUT2D eigenvalue weighted by Crippen LogP contribution is -2.41. The second-order valence-corrected chi connectivity index (χ2v) is 12.1. The minimum Gasteiger partial charge on any atom is -0.399 e. The topological polar surface area (TPSA) is 98.3 Å². The van der Waals surface area contributed by atoms with E-state index in [-0.39, 0.29) is 36.6 Å². The van der Waals surface area contributed by atoms with Crippen LogP contribution in [0.1, 0.15) is 55.4 Å². The maximum atomic E-state index is 6.04. The molecule has 2 aromatic carbocycles. The van der Waals surface area contributed by atoms with E-state index in [0.717, 1.165) is 33.0 Å². The molecule has 2 aliphatic heterocycles. The Hall–Kier alpha value is -2.79. The van der Waals surface area contributed by atoms with Crippen molar-refractivity contribution in [3.05, 3.63) is 36.4 Å². The van der Waals surface area contributed by atoms with Gasteiger partial charge in [-0.1, -0.05) is 22.6 Å². The molecule has 0 unspecified atom stereocenters. The van der Waals surface area contributed by atoms with Crippen LogP contribution in [0, 0.1) is 0 Å². The van der Waals surface area contributed by atoms with Crippen LogP contribution in [0.25, 0.3) is 22.1 Å². The molecule has 0 spiro atoms. The van der Waals surface area contributed by atoms with Crippen molar-refractivity contribution in [1.29, 1.82) is 0 Å². The number of aromatic nitrogens is 6. The van der Waals surface area contributed by atoms with Gasteiger partial charge >= 0.3 is 14.2 Å². The highest BCUT2D eigenvalue weighted by Crippen LogP contribution is 2.37. The van der Waals surface area contributed by atoms with Crippen molar-refractivity contribution in [1.82, 2.24) is 30.0 Å². The molecule has 10 nitrogen and oxygen atoms in total. The quantitative estimate of drug-likeness (QED) is 0.374. The molecule has 2 aliphatic rings. The van der Waals surface area contributed by atoms with Crippen LogP contribution in [0.15, 0.2) is 36.4 Å². The van der Waals surface area contributed by atoms with Crippen molar-refractivity contribution in [2.75, 3.05) is 0 Å². The monoisotopic (exact) mass is 518 g/mol. The van der Waals surface area contributed by atoms with Crippen molar-refractivity contribution in [2.24, 2.45) is 14.1 Å². The van der Waals surface area contributed by atoms with Crippen molar-refractivity contribution in [3.8, 4) is 0 Å². The first-order valence-corrected chi connectivity index (χ1v) is 12.9. The Bertz CT molecular complexity index is 1460. The van der Waals surface area contributed by atoms with Crippen LogP contribution in [-0.2, 0) is 32.7 Å². The van der Waals surface area contributed by atoms with E-state index in [2.05, 4.69) is 48.3 Å². The second-order valence-electron chi connectivity index (χ2n) is 12.1. The van der Waals surface area contributed by atoms with E-state index in [0.29, 0.717) is 0 Å². The van der Waals surface area contributed by atoms with Crippen LogP contribution < -0.4 is 10.9 Å². The zero-order valence-electron chi connectivity index (χ0n) is 23.9. The molecule has 0 bridgehead atoms. The summed E-state index contributed by atoms with van der Waals surface area (Å²) in [5.74, 6) is 0. The maximum absolute atomic E-state index is 6.04. The fourth-order valence-electron chi connectivity index (χ4n) is 4.36. The summed E-state index contributed by atoms with van der Waals surface area (Å²) in [6, 6.07) is 11.9. The molecule has 12 heteroatoms. The van der Waals surface area contributed by atoms with Crippen LogP contribution >= 0.6 is 0 Å². The highest BCUT2D eigenvalue weighted by molar-refractivity contribution is 6.62. The number of rotatable bonds is 2. The first-order valence-electron chi connectivity index (χ1n) is 12.9. The van der Waals surface area contributed by atoms with Gasteiger partial charge in [0, 0.05) is 14.1 Å². The summed E-state index contributed by atoms with van der Waals surface area (Å²) in [7, 11) is 3.06. The molecule has 2 aromatic heterocycles. The van der Waals surface area contributed by atoms with Crippen LogP contribution in [0.2, 0.25) is 0 Å². The number of nitrogens with zero attached hydrogens (tertiary/aromatic N) is 6. The first kappa shape index (κ1) is 26.8. The average Bonchev–Trinajstić information content (AvgIpc) is 3.51. The smallest absolute Gasteiger partial charge is 0.399 e. The summed E-state index contributed by atoms with van der Waals surface area (Å²) >= 11 is 0. The Morgan fingerprint density at radius 3 is 1.50 bits per heavy atom. The molecule has 4 heterocycles. The minimum absolute atomic E-state index is 0.322. The number of fused-ring (bicyclic) bond motifs is 2. The van der Waals surface area contributed by atoms with E-state index in [9.17, 15) is 0 Å². The van der Waals surface area contributed by atoms with Gasteiger partial charge in [-0.05, 0) is 90.6 Å². The molecule has 200 valence electrons. The molecule has 0 saturated carbocycles. The fourth-order valence-corrected chi connectivity index (χ4v) is 4.36. The van der Waals surface area contributed by atoms with Gasteiger partial charge in [-0.25, -0.2) is 9.36 Å². The highest BCUT2D eigenvalue weighted by atomic mass is 16.7. The van der Waals surface area contributed by atoms with Crippen molar-refractivity contribution < 1.29 is 18.6 Å². The SMILES string of the molecule is Cn1nnc2cc(B3OC(C)(C)C(C)(C)O3)ccc21.Cn1nnc2ccc(B3OC(C)(C)C(C)(C)O3)cc21. The van der Waals surface area contributed by atoms with Crippen LogP contribution in [0.5, 0.6) is 0 Å². The summed E-state index contributed by atoms with van der Waals surface area (Å²) in [4.78, 5) is 0. The first-order chi connectivity index (χ1) is 17.6. The minimum atomic E-state index is -0.351. The van der Waals surface area contributed by atoms with E-state index in [1.807, 2.05) is 78.2 Å². The van der Waals surface area contributed by atoms with Crippen molar-refractivity contribution in [2.45, 2.75) is 77.8 Å². The summed E-state index contributed by atoms with van der Waals surface area (Å²) in [6.45, 7) is 16.4. The molecule has 4 aromatic rings. The molecule has 0 amide bonds. The molecule has 2 saturated heterocycles. The van der Waals surface area contributed by atoms with E-state index < -0.39 is 0 Å². The standard InChI is InChI=1S/2C13H18BN3O2/c1-12(2)13(3,4)19-14(18-12)9-6-7-11-10(8-9)15-16-17(11)5;1-12(2)13(3,4)19-14(18-12)9-6-7-10-11(8-9)17(5)16-15-10/h2*6-8H,1-5H3. The van der Waals surface area contributed by atoms with Crippen molar-refractivity contribution in [3.63, 3.8) is 0 Å². The van der Waals surface area contributed by atoms with Gasteiger partial charge < -0.3 is 18.6 Å². The van der Waals surface area contributed by atoms with Gasteiger partial charge in [0.15, 0.2) is 0 Å². The molecule has 0 atom stereocenters. The van der Waals surface area contributed by atoms with E-state index >= 15 is 0 Å². The maximum Gasteiger partial charge on any atom is 0.494 e. The molecular formula is C26H36B2N6O4. The van der Waals surface area contributed by atoms with Gasteiger partial charge in [0.1, 0.15) is 11.0 Å². The lowest BCUT2D eigenvalue weighted by atomic mass is 9.79. The summed E-state index contributed by atoms with van der Waals surface area (Å²) in [5.41, 5.74) is 4.40. The predicted octanol–water partition coefficient (Wildman–Crippen LogP) is 2.54. The lowest BCUT2D eigenvalue weighted by Gasteiger charge is -2.32. The van der Waals surface area contributed by atoms with Crippen LogP contribution in [0.3, 0.4) is 0 Å². The molecule has 0 N–H and O–H groups in total. The van der Waals surface area contributed by atoms with E-state index in [1.165, 1.54) is 0 Å². The van der Waals surface area contributed by atoms with Crippen molar-refractivity contribution >= 4 is 47.2 Å². The average molecular weight is 518 g/mol. The second kappa shape index (κ2) is 8.87. The highest BCUT2D eigenvalue weighted by Gasteiger charge is 2.52. The normalized spacial score (nSPS) is 21.2. The summed E-state index contributed by atoms with van der Waals surface area (Å²) < 4.78 is 27.7.